The second-order valence-corrected chi connectivity index (χ2v) is 3.55. The van der Waals surface area contributed by atoms with Gasteiger partial charge in [-0.2, -0.15) is 18.4 Å². The van der Waals surface area contributed by atoms with Crippen LogP contribution in [0.1, 0.15) is 23.7 Å². The van der Waals surface area contributed by atoms with E-state index >= 15 is 0 Å². The summed E-state index contributed by atoms with van der Waals surface area (Å²) in [6.07, 6.45) is -3.67. The summed E-state index contributed by atoms with van der Waals surface area (Å²) >= 11 is 0. The molecule has 0 aliphatic carbocycles. The summed E-state index contributed by atoms with van der Waals surface area (Å²) < 4.78 is 39.2. The van der Waals surface area contributed by atoms with Crippen LogP contribution in [0.25, 0.3) is 5.65 Å². The molecule has 0 amide bonds. The van der Waals surface area contributed by atoms with Crippen LogP contribution in [0.2, 0.25) is 0 Å². The summed E-state index contributed by atoms with van der Waals surface area (Å²) in [6.45, 7) is 1.44. The maximum atomic E-state index is 12.8. The van der Waals surface area contributed by atoms with E-state index in [1.807, 2.05) is 0 Å². The molecule has 94 valence electrons. The minimum Gasteiger partial charge on any atom is -0.295 e. The molecule has 0 aromatic carbocycles. The predicted octanol–water partition coefficient (Wildman–Crippen LogP) is 1.48. The number of hydrogen-bond acceptors (Lipinski definition) is 3. The summed E-state index contributed by atoms with van der Waals surface area (Å²) in [5, 5.41) is 11.1. The Labute approximate surface area is 98.5 Å². The van der Waals surface area contributed by atoms with Crippen molar-refractivity contribution in [3.05, 3.63) is 33.4 Å². The lowest BCUT2D eigenvalue weighted by Gasteiger charge is -2.10. The summed E-state index contributed by atoms with van der Waals surface area (Å²) in [4.78, 5) is 15.2. The van der Waals surface area contributed by atoms with Gasteiger partial charge < -0.3 is 0 Å². The summed E-state index contributed by atoms with van der Waals surface area (Å²) in [5.41, 5.74) is -2.92. The van der Waals surface area contributed by atoms with Crippen molar-refractivity contribution in [3.63, 3.8) is 0 Å². The Bertz CT molecular complexity index is 705. The molecule has 8 heteroatoms. The summed E-state index contributed by atoms with van der Waals surface area (Å²) in [7, 11) is 0. The number of aromatic nitrogens is 3. The maximum absolute atomic E-state index is 12.8. The van der Waals surface area contributed by atoms with E-state index in [1.165, 1.54) is 6.92 Å². The monoisotopic (exact) mass is 256 g/mol. The molecule has 1 N–H and O–H groups in total. The van der Waals surface area contributed by atoms with E-state index in [4.69, 9.17) is 5.26 Å². The van der Waals surface area contributed by atoms with Gasteiger partial charge in [0.25, 0.3) is 5.56 Å². The SMILES string of the molecule is CCc1c(C(F)(F)F)nc2c(C#N)c[nH]n2c1=O. The quantitative estimate of drug-likeness (QED) is 0.839. The molecule has 2 rings (SSSR count). The molecule has 0 aliphatic heterocycles. The highest BCUT2D eigenvalue weighted by atomic mass is 19.4. The van der Waals surface area contributed by atoms with E-state index in [1.54, 1.807) is 6.07 Å². The van der Waals surface area contributed by atoms with E-state index in [9.17, 15) is 18.0 Å². The molecule has 2 aromatic rings. The number of H-pyrrole nitrogens is 1. The van der Waals surface area contributed by atoms with Gasteiger partial charge in [0.15, 0.2) is 11.3 Å². The van der Waals surface area contributed by atoms with Crippen molar-refractivity contribution in [2.24, 2.45) is 0 Å². The number of nitriles is 1. The van der Waals surface area contributed by atoms with E-state index < -0.39 is 23.0 Å². The Balaban J connectivity index is 2.95. The van der Waals surface area contributed by atoms with Crippen molar-refractivity contribution in [2.45, 2.75) is 19.5 Å². The van der Waals surface area contributed by atoms with Crippen LogP contribution in [0.15, 0.2) is 11.0 Å². The van der Waals surface area contributed by atoms with Gasteiger partial charge in [-0.25, -0.2) is 9.50 Å². The lowest BCUT2D eigenvalue weighted by atomic mass is 10.1. The van der Waals surface area contributed by atoms with E-state index in [0.29, 0.717) is 0 Å². The zero-order valence-corrected chi connectivity index (χ0v) is 9.17. The molecule has 2 aromatic heterocycles. The Hall–Kier alpha value is -2.30. The number of rotatable bonds is 1. The van der Waals surface area contributed by atoms with Crippen molar-refractivity contribution >= 4 is 5.65 Å². The third kappa shape index (κ3) is 1.64. The molecule has 2 heterocycles. The van der Waals surface area contributed by atoms with Gasteiger partial charge >= 0.3 is 6.18 Å². The van der Waals surface area contributed by atoms with Crippen LogP contribution >= 0.6 is 0 Å². The normalized spacial score (nSPS) is 11.7. The molecule has 0 saturated carbocycles. The Kier molecular flexibility index (Phi) is 2.62. The molecule has 0 aliphatic rings. The van der Waals surface area contributed by atoms with Crippen LogP contribution in [0.5, 0.6) is 0 Å². The minimum atomic E-state index is -4.72. The number of halogens is 3. The number of nitrogens with one attached hydrogen (secondary N) is 1. The van der Waals surface area contributed by atoms with E-state index in [0.717, 1.165) is 10.7 Å². The first-order chi connectivity index (χ1) is 8.40. The second-order valence-electron chi connectivity index (χ2n) is 3.55. The largest absolute Gasteiger partial charge is 0.433 e. The van der Waals surface area contributed by atoms with Gasteiger partial charge in [-0.15, -0.1) is 0 Å². The fraction of sp³-hybridized carbons (Fsp3) is 0.300. The van der Waals surface area contributed by atoms with Crippen LogP contribution in [0, 0.1) is 11.3 Å². The van der Waals surface area contributed by atoms with Gasteiger partial charge in [0.05, 0.1) is 0 Å². The third-order valence-corrected chi connectivity index (χ3v) is 2.50. The van der Waals surface area contributed by atoms with Crippen molar-refractivity contribution in [3.8, 4) is 6.07 Å². The number of nitrogens with zero attached hydrogens (tertiary/aromatic N) is 3. The van der Waals surface area contributed by atoms with Crippen molar-refractivity contribution in [1.29, 1.82) is 5.26 Å². The molecule has 0 bridgehead atoms. The van der Waals surface area contributed by atoms with Gasteiger partial charge in [0.1, 0.15) is 11.6 Å². The number of alkyl halides is 3. The maximum Gasteiger partial charge on any atom is 0.433 e. The van der Waals surface area contributed by atoms with Gasteiger partial charge in [-0.1, -0.05) is 6.92 Å². The lowest BCUT2D eigenvalue weighted by Crippen LogP contribution is -2.26. The van der Waals surface area contributed by atoms with Gasteiger partial charge in [-0.05, 0) is 6.42 Å². The first-order valence-electron chi connectivity index (χ1n) is 5.00. The van der Waals surface area contributed by atoms with Gasteiger partial charge in [-0.3, -0.25) is 9.89 Å². The number of fused-ring (bicyclic) bond motifs is 1. The first-order valence-corrected chi connectivity index (χ1v) is 5.00. The van der Waals surface area contributed by atoms with Crippen molar-refractivity contribution in [2.75, 3.05) is 0 Å². The zero-order chi connectivity index (χ0) is 13.5. The highest BCUT2D eigenvalue weighted by molar-refractivity contribution is 5.54. The molecule has 0 spiro atoms. The van der Waals surface area contributed by atoms with Crippen LogP contribution < -0.4 is 5.56 Å². The fourth-order valence-corrected chi connectivity index (χ4v) is 1.69. The Morgan fingerprint density at radius 3 is 2.72 bits per heavy atom. The Morgan fingerprint density at radius 2 is 2.22 bits per heavy atom. The molecule has 5 nitrogen and oxygen atoms in total. The van der Waals surface area contributed by atoms with Crippen LogP contribution in [0.4, 0.5) is 13.2 Å². The third-order valence-electron chi connectivity index (χ3n) is 2.50. The molecule has 0 saturated heterocycles. The van der Waals surface area contributed by atoms with E-state index in [-0.39, 0.29) is 17.6 Å². The fourth-order valence-electron chi connectivity index (χ4n) is 1.69. The predicted molar refractivity (Wildman–Crippen MR) is 54.9 cm³/mol. The first kappa shape index (κ1) is 12.2. The molecule has 0 atom stereocenters. The zero-order valence-electron chi connectivity index (χ0n) is 9.17. The highest BCUT2D eigenvalue weighted by Crippen LogP contribution is 2.29. The van der Waals surface area contributed by atoms with Gasteiger partial charge in [0, 0.05) is 11.8 Å². The molecule has 0 fully saturated rings. The van der Waals surface area contributed by atoms with Crippen molar-refractivity contribution < 1.29 is 13.2 Å². The minimum absolute atomic E-state index is 0.0927. The lowest BCUT2D eigenvalue weighted by molar-refractivity contribution is -0.141. The molecular weight excluding hydrogens is 249 g/mol. The smallest absolute Gasteiger partial charge is 0.295 e. The van der Waals surface area contributed by atoms with Gasteiger partial charge in [0.2, 0.25) is 0 Å². The van der Waals surface area contributed by atoms with Crippen molar-refractivity contribution in [1.82, 2.24) is 14.6 Å². The Morgan fingerprint density at radius 1 is 1.56 bits per heavy atom. The molecule has 0 radical (unpaired) electrons. The topological polar surface area (TPSA) is 73.9 Å². The number of aromatic amines is 1. The number of hydrogen-bond donors (Lipinski definition) is 1. The average molecular weight is 256 g/mol. The molecule has 18 heavy (non-hydrogen) atoms. The standard InChI is InChI=1S/C10H7F3N4O/c1-2-6-7(10(11,12)13)16-8-5(3-14)4-15-17(8)9(6)18/h4,15H,2H2,1H3. The van der Waals surface area contributed by atoms with Crippen LogP contribution in [-0.4, -0.2) is 14.6 Å². The summed E-state index contributed by atoms with van der Waals surface area (Å²) in [6, 6.07) is 1.67. The summed E-state index contributed by atoms with van der Waals surface area (Å²) in [5.74, 6) is 0. The van der Waals surface area contributed by atoms with E-state index in [2.05, 4.69) is 10.1 Å². The molecular formula is C10H7F3N4O. The molecule has 0 unspecified atom stereocenters. The van der Waals surface area contributed by atoms with Crippen LogP contribution in [-0.2, 0) is 12.6 Å². The highest BCUT2D eigenvalue weighted by Gasteiger charge is 2.37. The van der Waals surface area contributed by atoms with Crippen LogP contribution in [0.3, 0.4) is 0 Å². The average Bonchev–Trinajstić information content (AvgIpc) is 2.71. The second kappa shape index (κ2) is 3.87.